The van der Waals surface area contributed by atoms with Crippen LogP contribution in [0, 0.1) is 0 Å². The highest BCUT2D eigenvalue weighted by Crippen LogP contribution is 2.39. The highest BCUT2D eigenvalue weighted by molar-refractivity contribution is 6.12. The summed E-state index contributed by atoms with van der Waals surface area (Å²) in [5.41, 5.74) is 16.6. The van der Waals surface area contributed by atoms with Gasteiger partial charge in [0.15, 0.2) is 5.82 Å². The second-order valence-electron chi connectivity index (χ2n) is 17.0. The summed E-state index contributed by atoms with van der Waals surface area (Å²) in [6.07, 6.45) is 0. The summed E-state index contributed by atoms with van der Waals surface area (Å²) in [7, 11) is 0. The molecule has 13 aromatic rings. The summed E-state index contributed by atoms with van der Waals surface area (Å²) in [5.74, 6) is 0.697. The Hall–Kier alpha value is -8.86. The maximum absolute atomic E-state index is 5.09. The van der Waals surface area contributed by atoms with Crippen LogP contribution < -0.4 is 0 Å². The number of benzene rings is 10. The van der Waals surface area contributed by atoms with E-state index >= 15 is 0 Å². The number of nitrogens with zero attached hydrogens (tertiary/aromatic N) is 4. The van der Waals surface area contributed by atoms with Gasteiger partial charge in [-0.05, 0) is 106 Å². The van der Waals surface area contributed by atoms with E-state index < -0.39 is 0 Å². The highest BCUT2D eigenvalue weighted by Gasteiger charge is 2.18. The fourth-order valence-corrected chi connectivity index (χ4v) is 9.98. The van der Waals surface area contributed by atoms with Gasteiger partial charge in [0.1, 0.15) is 0 Å². The monoisotopic (exact) mass is 840 g/mol. The molecule has 0 bridgehead atoms. The van der Waals surface area contributed by atoms with Crippen molar-refractivity contribution in [1.29, 1.82) is 0 Å². The smallest absolute Gasteiger partial charge is 0.160 e. The topological polar surface area (TPSA) is 35.6 Å². The summed E-state index contributed by atoms with van der Waals surface area (Å²) in [6, 6.07) is 87.0. The molecule has 66 heavy (non-hydrogen) atoms. The molecule has 0 saturated carbocycles. The van der Waals surface area contributed by atoms with Crippen molar-refractivity contribution < 1.29 is 0 Å². The number of fused-ring (bicyclic) bond motifs is 7. The van der Waals surface area contributed by atoms with Crippen LogP contribution >= 0.6 is 0 Å². The summed E-state index contributed by atoms with van der Waals surface area (Å²) < 4.78 is 4.79. The third-order valence-electron chi connectivity index (χ3n) is 13.2. The first-order valence-corrected chi connectivity index (χ1v) is 22.5. The zero-order valence-electron chi connectivity index (χ0n) is 35.9. The first-order valence-electron chi connectivity index (χ1n) is 22.5. The molecule has 0 unspecified atom stereocenters. The van der Waals surface area contributed by atoms with Gasteiger partial charge >= 0.3 is 0 Å². The molecule has 0 fully saturated rings. The van der Waals surface area contributed by atoms with Crippen LogP contribution in [0.5, 0.6) is 0 Å². The molecule has 0 amide bonds. The molecule has 0 aliphatic rings. The second kappa shape index (κ2) is 15.4. The van der Waals surface area contributed by atoms with Crippen molar-refractivity contribution in [3.63, 3.8) is 0 Å². The van der Waals surface area contributed by atoms with Gasteiger partial charge in [-0.2, -0.15) is 0 Å². The number of rotatable bonds is 7. The van der Waals surface area contributed by atoms with Crippen LogP contribution in [0.4, 0.5) is 0 Å². The van der Waals surface area contributed by atoms with Crippen LogP contribution in [0.2, 0.25) is 0 Å². The van der Waals surface area contributed by atoms with Gasteiger partial charge in [0.2, 0.25) is 0 Å². The van der Waals surface area contributed by atoms with Gasteiger partial charge in [-0.3, -0.25) is 0 Å². The lowest BCUT2D eigenvalue weighted by Gasteiger charge is -2.12. The Balaban J connectivity index is 0.890. The van der Waals surface area contributed by atoms with E-state index in [0.29, 0.717) is 5.82 Å². The molecule has 0 N–H and O–H groups in total. The van der Waals surface area contributed by atoms with Gasteiger partial charge in [-0.1, -0.05) is 170 Å². The molecule has 308 valence electrons. The number of para-hydroxylation sites is 2. The number of hydrogen-bond donors (Lipinski definition) is 0. The van der Waals surface area contributed by atoms with Gasteiger partial charge in [-0.25, -0.2) is 9.97 Å². The fourth-order valence-electron chi connectivity index (χ4n) is 9.98. The van der Waals surface area contributed by atoms with E-state index in [0.717, 1.165) is 50.5 Å². The third kappa shape index (κ3) is 6.30. The standard InChI is InChI=1S/C62H40N4/c1-3-15-43(16-4-1)56-40-57(44-17-5-2-6-18-44)64-62(63-56)45-28-34-48(35-29-45)65-59-25-12-10-22-53(59)55-38-46(31-37-60(55)65)47-30-36-54-52-21-9-11-24-58(52)66(61(54)39-47)49-32-26-42(27-33-49)51-23-13-19-41-14-7-8-20-50(41)51/h1-40H. The Morgan fingerprint density at radius 3 is 1.39 bits per heavy atom. The van der Waals surface area contributed by atoms with E-state index in [2.05, 4.69) is 240 Å². The maximum Gasteiger partial charge on any atom is 0.160 e. The molecule has 13 rings (SSSR count). The molecule has 0 atom stereocenters. The molecule has 0 aliphatic carbocycles. The Bertz CT molecular complexity index is 3890. The lowest BCUT2D eigenvalue weighted by atomic mass is 9.98. The fraction of sp³-hybridized carbons (Fsp3) is 0. The molecule has 3 heterocycles. The van der Waals surface area contributed by atoms with Crippen LogP contribution in [-0.2, 0) is 0 Å². The van der Waals surface area contributed by atoms with Crippen molar-refractivity contribution in [2.24, 2.45) is 0 Å². The van der Waals surface area contributed by atoms with Crippen molar-refractivity contribution in [3.8, 4) is 67.5 Å². The largest absolute Gasteiger partial charge is 0.309 e. The molecule has 4 nitrogen and oxygen atoms in total. The number of hydrogen-bond acceptors (Lipinski definition) is 2. The molecule has 4 heteroatoms. The van der Waals surface area contributed by atoms with Gasteiger partial charge < -0.3 is 9.13 Å². The molecule has 10 aromatic carbocycles. The Morgan fingerprint density at radius 1 is 0.258 bits per heavy atom. The predicted molar refractivity (Wildman–Crippen MR) is 275 cm³/mol. The van der Waals surface area contributed by atoms with E-state index in [9.17, 15) is 0 Å². The lowest BCUT2D eigenvalue weighted by molar-refractivity contribution is 1.16. The van der Waals surface area contributed by atoms with Crippen molar-refractivity contribution in [2.45, 2.75) is 0 Å². The molecular weight excluding hydrogens is 801 g/mol. The van der Waals surface area contributed by atoms with Crippen molar-refractivity contribution in [1.82, 2.24) is 19.1 Å². The normalized spacial score (nSPS) is 11.6. The Labute approximate surface area is 382 Å². The lowest BCUT2D eigenvalue weighted by Crippen LogP contribution is -1.97. The highest BCUT2D eigenvalue weighted by atomic mass is 15.0. The summed E-state index contributed by atoms with van der Waals surface area (Å²) in [4.78, 5) is 10.2. The minimum absolute atomic E-state index is 0.697. The quantitative estimate of drug-likeness (QED) is 0.160. The van der Waals surface area contributed by atoms with Crippen LogP contribution in [0.1, 0.15) is 0 Å². The Morgan fingerprint density at radius 2 is 0.727 bits per heavy atom. The SMILES string of the molecule is c1ccc(-c2cc(-c3ccccc3)nc(-c3ccc(-n4c5ccccc5c5cc(-c6ccc7c8ccccc8n(-c8ccc(-c9cccc%10ccccc9%10)cc8)c7c6)ccc54)cc3)n2)cc1. The average molecular weight is 841 g/mol. The predicted octanol–water partition coefficient (Wildman–Crippen LogP) is 16.2. The number of aromatic nitrogens is 4. The van der Waals surface area contributed by atoms with Gasteiger partial charge in [-0.15, -0.1) is 0 Å². The Kier molecular flexibility index (Phi) is 8.81. The summed E-state index contributed by atoms with van der Waals surface area (Å²) in [6.45, 7) is 0. The third-order valence-corrected chi connectivity index (χ3v) is 13.2. The molecular formula is C62H40N4. The van der Waals surface area contributed by atoms with Crippen LogP contribution in [0.3, 0.4) is 0 Å². The molecule has 0 spiro atoms. The van der Waals surface area contributed by atoms with Crippen molar-refractivity contribution >= 4 is 54.4 Å². The first-order chi connectivity index (χ1) is 32.7. The minimum Gasteiger partial charge on any atom is -0.309 e. The zero-order chi connectivity index (χ0) is 43.6. The van der Waals surface area contributed by atoms with E-state index in [4.69, 9.17) is 9.97 Å². The average Bonchev–Trinajstić information content (AvgIpc) is 3.91. The van der Waals surface area contributed by atoms with Crippen LogP contribution in [-0.4, -0.2) is 19.1 Å². The van der Waals surface area contributed by atoms with E-state index in [1.807, 2.05) is 12.1 Å². The summed E-state index contributed by atoms with van der Waals surface area (Å²) >= 11 is 0. The van der Waals surface area contributed by atoms with E-state index in [1.54, 1.807) is 0 Å². The molecule has 0 aliphatic heterocycles. The summed E-state index contributed by atoms with van der Waals surface area (Å²) in [5, 5.41) is 7.42. The molecule has 0 saturated heterocycles. The minimum atomic E-state index is 0.697. The van der Waals surface area contributed by atoms with Gasteiger partial charge in [0.05, 0.1) is 33.5 Å². The maximum atomic E-state index is 5.09. The molecule has 0 radical (unpaired) electrons. The van der Waals surface area contributed by atoms with Crippen LogP contribution in [0.25, 0.3) is 122 Å². The van der Waals surface area contributed by atoms with E-state index in [1.165, 1.54) is 65.6 Å². The molecule has 3 aromatic heterocycles. The zero-order valence-corrected chi connectivity index (χ0v) is 35.9. The van der Waals surface area contributed by atoms with Gasteiger partial charge in [0, 0.05) is 49.6 Å². The first kappa shape index (κ1) is 37.7. The van der Waals surface area contributed by atoms with E-state index in [-0.39, 0.29) is 0 Å². The van der Waals surface area contributed by atoms with Crippen LogP contribution in [0.15, 0.2) is 243 Å². The second-order valence-corrected chi connectivity index (χ2v) is 17.0. The van der Waals surface area contributed by atoms with Crippen molar-refractivity contribution in [2.75, 3.05) is 0 Å². The van der Waals surface area contributed by atoms with Crippen molar-refractivity contribution in [3.05, 3.63) is 243 Å². The van der Waals surface area contributed by atoms with Gasteiger partial charge in [0.25, 0.3) is 0 Å².